The first-order valence-corrected chi connectivity index (χ1v) is 9.50. The lowest BCUT2D eigenvalue weighted by atomic mass is 9.75. The third-order valence-electron chi connectivity index (χ3n) is 4.77. The van der Waals surface area contributed by atoms with Crippen molar-refractivity contribution in [2.75, 3.05) is 0 Å². The number of hydrogen-bond donors (Lipinski definition) is 0. The molecule has 0 amide bonds. The van der Waals surface area contributed by atoms with Crippen molar-refractivity contribution in [3.05, 3.63) is 46.5 Å². The highest BCUT2D eigenvalue weighted by atomic mass is 32.1. The van der Waals surface area contributed by atoms with E-state index < -0.39 is 0 Å². The second-order valence-electron chi connectivity index (χ2n) is 7.65. The van der Waals surface area contributed by atoms with Crippen LogP contribution in [0.4, 0.5) is 0 Å². The van der Waals surface area contributed by atoms with Crippen LogP contribution in [0.1, 0.15) is 45.5 Å². The molecule has 2 nitrogen and oxygen atoms in total. The van der Waals surface area contributed by atoms with Crippen LogP contribution in [-0.4, -0.2) is 0 Å². The average Bonchev–Trinajstić information content (AvgIpc) is 3.00. The Balaban J connectivity index is 1.88. The number of aryl methyl sites for hydroxylation is 1. The maximum absolute atomic E-state index is 6.08. The molecule has 3 aromatic rings. The minimum Gasteiger partial charge on any atom is -0.439 e. The molecule has 2 heterocycles. The number of para-hydroxylation sites is 1. The predicted octanol–water partition coefficient (Wildman–Crippen LogP) is 6.10. The smallest absolute Gasteiger partial charge is 0.271 e. The van der Waals surface area contributed by atoms with Crippen molar-refractivity contribution < 1.29 is 8.98 Å². The van der Waals surface area contributed by atoms with E-state index in [4.69, 9.17) is 4.42 Å². The van der Waals surface area contributed by atoms with Crippen LogP contribution in [0.25, 0.3) is 27.5 Å². The molecule has 0 bridgehead atoms. The van der Waals surface area contributed by atoms with E-state index in [0.717, 1.165) is 23.4 Å². The van der Waals surface area contributed by atoms with Gasteiger partial charge in [0.2, 0.25) is 0 Å². The summed E-state index contributed by atoms with van der Waals surface area (Å²) in [7, 11) is 0. The topological polar surface area (TPSA) is 17.0 Å². The van der Waals surface area contributed by atoms with E-state index in [1.54, 1.807) is 11.3 Å². The van der Waals surface area contributed by atoms with Crippen molar-refractivity contribution in [1.82, 2.24) is 0 Å². The summed E-state index contributed by atoms with van der Waals surface area (Å²) >= 11 is 1.76. The Morgan fingerprint density at radius 2 is 2.04 bits per heavy atom. The predicted molar refractivity (Wildman–Crippen MR) is 102 cm³/mol. The van der Waals surface area contributed by atoms with Crippen LogP contribution in [0.2, 0.25) is 0 Å². The molecule has 4 rings (SSSR count). The molecule has 124 valence electrons. The molecule has 1 aromatic carbocycles. The van der Waals surface area contributed by atoms with Gasteiger partial charge >= 0.3 is 0 Å². The summed E-state index contributed by atoms with van der Waals surface area (Å²) in [5.74, 6) is 0. The first-order chi connectivity index (χ1) is 11.5. The lowest BCUT2D eigenvalue weighted by Gasteiger charge is -2.29. The normalized spacial score (nSPS) is 19.3. The van der Waals surface area contributed by atoms with Crippen molar-refractivity contribution >= 4 is 38.8 Å². The molecule has 24 heavy (non-hydrogen) atoms. The Morgan fingerprint density at radius 3 is 2.79 bits per heavy atom. The van der Waals surface area contributed by atoms with Gasteiger partial charge in [-0.25, -0.2) is 0 Å². The van der Waals surface area contributed by atoms with Gasteiger partial charge in [0.05, 0.1) is 5.39 Å². The largest absolute Gasteiger partial charge is 0.439 e. The quantitative estimate of drug-likeness (QED) is 0.516. The summed E-state index contributed by atoms with van der Waals surface area (Å²) in [6.45, 7) is 10.1. The van der Waals surface area contributed by atoms with Crippen LogP contribution in [-0.2, 0) is 6.54 Å². The second kappa shape index (κ2) is 5.59. The van der Waals surface area contributed by atoms with Gasteiger partial charge < -0.3 is 4.42 Å². The first-order valence-electron chi connectivity index (χ1n) is 8.68. The number of rotatable bonds is 2. The van der Waals surface area contributed by atoms with Gasteiger partial charge in [-0.3, -0.25) is 0 Å². The zero-order valence-electron chi connectivity index (χ0n) is 14.8. The van der Waals surface area contributed by atoms with Crippen LogP contribution in [0.15, 0.2) is 45.9 Å². The number of hydrogen-bond acceptors (Lipinski definition) is 2. The molecule has 1 aliphatic rings. The Kier molecular flexibility index (Phi) is 3.65. The van der Waals surface area contributed by atoms with Crippen molar-refractivity contribution in [1.29, 1.82) is 0 Å². The number of nitrogens with zero attached hydrogens (tertiary/aromatic N) is 1. The van der Waals surface area contributed by atoms with Gasteiger partial charge in [-0.1, -0.05) is 37.6 Å². The zero-order chi connectivity index (χ0) is 16.9. The van der Waals surface area contributed by atoms with Gasteiger partial charge in [0.25, 0.3) is 15.4 Å². The van der Waals surface area contributed by atoms with Crippen molar-refractivity contribution in [3.63, 3.8) is 0 Å². The van der Waals surface area contributed by atoms with Crippen LogP contribution < -0.4 is 4.57 Å². The minimum absolute atomic E-state index is 0.352. The lowest BCUT2D eigenvalue weighted by Crippen LogP contribution is -2.33. The van der Waals surface area contributed by atoms with E-state index in [2.05, 4.69) is 62.6 Å². The maximum atomic E-state index is 6.08. The number of benzene rings is 1. The van der Waals surface area contributed by atoms with Crippen molar-refractivity contribution in [2.45, 2.75) is 47.1 Å². The molecular weight excluding hydrogens is 314 g/mol. The van der Waals surface area contributed by atoms with E-state index in [-0.39, 0.29) is 0 Å². The Labute approximate surface area is 147 Å². The zero-order valence-corrected chi connectivity index (χ0v) is 15.7. The van der Waals surface area contributed by atoms with Gasteiger partial charge in [-0.05, 0) is 61.1 Å². The highest BCUT2D eigenvalue weighted by Crippen LogP contribution is 2.39. The van der Waals surface area contributed by atoms with E-state index >= 15 is 0 Å². The maximum Gasteiger partial charge on any atom is 0.271 e. The highest BCUT2D eigenvalue weighted by molar-refractivity contribution is 7.18. The third-order valence-corrected chi connectivity index (χ3v) is 5.78. The summed E-state index contributed by atoms with van der Waals surface area (Å²) < 4.78 is 8.47. The average molecular weight is 338 g/mol. The molecule has 0 saturated heterocycles. The number of allylic oxidation sites excluding steroid dienone is 3. The van der Waals surface area contributed by atoms with E-state index in [1.807, 2.05) is 6.07 Å². The van der Waals surface area contributed by atoms with Gasteiger partial charge in [0.15, 0.2) is 0 Å². The first kappa shape index (κ1) is 15.6. The SMILES string of the molecule is CC[n+]1c(/C=C2/C=C(C)CC(C)(C)C2)sc2oc3ccccc3c21. The number of thiazole rings is 1. The van der Waals surface area contributed by atoms with E-state index in [1.165, 1.54) is 33.5 Å². The Morgan fingerprint density at radius 1 is 1.25 bits per heavy atom. The Bertz CT molecular complexity index is 984. The molecular formula is C21H24NOS+. The third kappa shape index (κ3) is 2.61. The molecule has 2 aromatic heterocycles. The number of furan rings is 1. The fraction of sp³-hybridized carbons (Fsp3) is 0.381. The second-order valence-corrected chi connectivity index (χ2v) is 8.64. The van der Waals surface area contributed by atoms with Crippen molar-refractivity contribution in [3.8, 4) is 0 Å². The Hall–Kier alpha value is -1.87. The molecule has 0 aliphatic heterocycles. The summed E-state index contributed by atoms with van der Waals surface area (Å²) in [5, 5.41) is 2.50. The summed E-state index contributed by atoms with van der Waals surface area (Å²) in [5.41, 5.74) is 5.48. The molecule has 0 saturated carbocycles. The molecule has 0 unspecified atom stereocenters. The van der Waals surface area contributed by atoms with Gasteiger partial charge in [0.1, 0.15) is 12.1 Å². The monoisotopic (exact) mass is 338 g/mol. The molecule has 0 spiro atoms. The van der Waals surface area contributed by atoms with Gasteiger partial charge in [-0.2, -0.15) is 4.57 Å². The molecule has 1 aliphatic carbocycles. The summed E-state index contributed by atoms with van der Waals surface area (Å²) in [6.07, 6.45) is 7.05. The van der Waals surface area contributed by atoms with Gasteiger partial charge in [-0.15, -0.1) is 0 Å². The highest BCUT2D eigenvalue weighted by Gasteiger charge is 2.27. The van der Waals surface area contributed by atoms with Crippen LogP contribution in [0.3, 0.4) is 0 Å². The number of aromatic nitrogens is 1. The fourth-order valence-electron chi connectivity index (χ4n) is 4.06. The standard InChI is InChI=1S/C21H24NOS/c1-5-22-18(11-15-10-14(2)12-21(3,4)13-15)24-20-19(22)16-8-6-7-9-17(16)23-20/h6-11H,5,12-13H2,1-4H3/q+1/b15-11-. The summed E-state index contributed by atoms with van der Waals surface area (Å²) in [6, 6.07) is 8.33. The van der Waals surface area contributed by atoms with Crippen LogP contribution >= 0.6 is 11.3 Å². The fourth-order valence-corrected chi connectivity index (χ4v) is 5.23. The molecule has 0 radical (unpaired) electrons. The number of fused-ring (bicyclic) bond motifs is 3. The van der Waals surface area contributed by atoms with Crippen LogP contribution in [0, 0.1) is 5.41 Å². The molecule has 0 atom stereocenters. The van der Waals surface area contributed by atoms with Gasteiger partial charge in [0, 0.05) is 6.08 Å². The lowest BCUT2D eigenvalue weighted by molar-refractivity contribution is -0.664. The summed E-state index contributed by atoms with van der Waals surface area (Å²) in [4.78, 5) is 1.03. The van der Waals surface area contributed by atoms with Crippen molar-refractivity contribution in [2.24, 2.45) is 5.41 Å². The van der Waals surface area contributed by atoms with E-state index in [9.17, 15) is 0 Å². The molecule has 0 fully saturated rings. The van der Waals surface area contributed by atoms with Crippen LogP contribution in [0.5, 0.6) is 0 Å². The minimum atomic E-state index is 0.352. The van der Waals surface area contributed by atoms with E-state index in [0.29, 0.717) is 5.41 Å². The molecule has 0 N–H and O–H groups in total. The molecule has 3 heteroatoms.